The van der Waals surface area contributed by atoms with E-state index < -0.39 is 0 Å². The lowest BCUT2D eigenvalue weighted by Gasteiger charge is -2.07. The third kappa shape index (κ3) is 2.05. The molecule has 0 atom stereocenters. The van der Waals surface area contributed by atoms with Crippen LogP contribution in [-0.4, -0.2) is 19.7 Å². The zero-order valence-corrected chi connectivity index (χ0v) is 12.1. The fourth-order valence-electron chi connectivity index (χ4n) is 2.07. The quantitative estimate of drug-likeness (QED) is 0.762. The lowest BCUT2D eigenvalue weighted by molar-refractivity contribution is 0.913. The lowest BCUT2D eigenvalue weighted by Crippen LogP contribution is -1.91. The molecule has 0 saturated heterocycles. The number of imidazole rings is 1. The summed E-state index contributed by atoms with van der Waals surface area (Å²) in [5, 5.41) is 7.97. The number of anilines is 1. The lowest BCUT2D eigenvalue weighted by atomic mass is 10.0. The molecule has 0 aliphatic rings. The minimum atomic E-state index is 0.334. The summed E-state index contributed by atoms with van der Waals surface area (Å²) < 4.78 is 1.84. The molecule has 0 aliphatic carbocycles. The van der Waals surface area contributed by atoms with Crippen LogP contribution in [0.2, 0.25) is 10.0 Å². The zero-order chi connectivity index (χ0) is 14.3. The van der Waals surface area contributed by atoms with Crippen LogP contribution in [0.3, 0.4) is 0 Å². The number of nitrogens with zero attached hydrogens (tertiary/aromatic N) is 3. The van der Waals surface area contributed by atoms with Crippen molar-refractivity contribution < 1.29 is 0 Å². The zero-order valence-electron chi connectivity index (χ0n) is 10.6. The van der Waals surface area contributed by atoms with Gasteiger partial charge in [0.2, 0.25) is 0 Å². The predicted molar refractivity (Wildman–Crippen MR) is 80.7 cm³/mol. The molecule has 0 fully saturated rings. The van der Waals surface area contributed by atoms with Gasteiger partial charge < -0.3 is 10.3 Å². The van der Waals surface area contributed by atoms with Crippen LogP contribution in [0, 0.1) is 0 Å². The fourth-order valence-corrected chi connectivity index (χ4v) is 2.66. The van der Waals surface area contributed by atoms with Crippen LogP contribution in [0.4, 0.5) is 5.82 Å². The smallest absolute Gasteiger partial charge is 0.153 e. The van der Waals surface area contributed by atoms with Gasteiger partial charge in [0.15, 0.2) is 5.82 Å². The molecular weight excluding hydrogens is 297 g/mol. The predicted octanol–water partition coefficient (Wildman–Crippen LogP) is 3.37. The van der Waals surface area contributed by atoms with Gasteiger partial charge in [-0.2, -0.15) is 5.10 Å². The molecule has 102 valence electrons. The first-order valence-electron chi connectivity index (χ1n) is 5.84. The molecule has 20 heavy (non-hydrogen) atoms. The second-order valence-corrected chi connectivity index (χ2v) is 5.19. The minimum Gasteiger partial charge on any atom is -0.382 e. The third-order valence-corrected chi connectivity index (χ3v) is 3.60. The Morgan fingerprint density at radius 1 is 1.20 bits per heavy atom. The number of hydrogen-bond donors (Lipinski definition) is 2. The van der Waals surface area contributed by atoms with Crippen LogP contribution in [0.25, 0.3) is 22.5 Å². The monoisotopic (exact) mass is 307 g/mol. The van der Waals surface area contributed by atoms with Gasteiger partial charge in [-0.15, -0.1) is 0 Å². The molecule has 3 N–H and O–H groups in total. The third-order valence-electron chi connectivity index (χ3n) is 2.97. The second-order valence-electron chi connectivity index (χ2n) is 4.38. The van der Waals surface area contributed by atoms with Crippen molar-refractivity contribution in [3.8, 4) is 22.5 Å². The molecule has 0 amide bonds. The highest BCUT2D eigenvalue weighted by molar-refractivity contribution is 6.39. The number of aromatic nitrogens is 4. The van der Waals surface area contributed by atoms with E-state index in [-0.39, 0.29) is 0 Å². The van der Waals surface area contributed by atoms with Gasteiger partial charge in [-0.3, -0.25) is 5.10 Å². The summed E-state index contributed by atoms with van der Waals surface area (Å²) in [6.07, 6.45) is 3.56. The molecule has 2 aromatic heterocycles. The molecule has 0 spiro atoms. The van der Waals surface area contributed by atoms with Crippen molar-refractivity contribution in [2.45, 2.75) is 0 Å². The number of nitrogens with two attached hydrogens (primary N) is 1. The fraction of sp³-hybridized carbons (Fsp3) is 0.0769. The maximum absolute atomic E-state index is 6.25. The van der Waals surface area contributed by atoms with Crippen LogP contribution in [-0.2, 0) is 7.05 Å². The Hall–Kier alpha value is -1.98. The van der Waals surface area contributed by atoms with Gasteiger partial charge >= 0.3 is 0 Å². The SMILES string of the molecule is Cn1cnc(-c2[nH]nc(N)c2-c2c(Cl)cccc2Cl)c1. The van der Waals surface area contributed by atoms with Crippen LogP contribution in [0.5, 0.6) is 0 Å². The Kier molecular flexibility index (Phi) is 3.16. The highest BCUT2D eigenvalue weighted by Gasteiger charge is 2.20. The topological polar surface area (TPSA) is 72.5 Å². The minimum absolute atomic E-state index is 0.334. The van der Waals surface area contributed by atoms with E-state index >= 15 is 0 Å². The van der Waals surface area contributed by atoms with Crippen LogP contribution in [0.15, 0.2) is 30.7 Å². The Morgan fingerprint density at radius 3 is 2.50 bits per heavy atom. The van der Waals surface area contributed by atoms with E-state index in [9.17, 15) is 0 Å². The second kappa shape index (κ2) is 4.85. The first-order valence-corrected chi connectivity index (χ1v) is 6.60. The van der Waals surface area contributed by atoms with E-state index in [1.165, 1.54) is 0 Å². The summed E-state index contributed by atoms with van der Waals surface area (Å²) in [5.74, 6) is 0.334. The summed E-state index contributed by atoms with van der Waals surface area (Å²) in [5.41, 5.74) is 8.70. The van der Waals surface area contributed by atoms with E-state index in [4.69, 9.17) is 28.9 Å². The molecular formula is C13H11Cl2N5. The van der Waals surface area contributed by atoms with E-state index in [0.717, 1.165) is 5.69 Å². The molecule has 5 nitrogen and oxygen atoms in total. The first-order chi connectivity index (χ1) is 9.58. The van der Waals surface area contributed by atoms with E-state index in [0.29, 0.717) is 32.7 Å². The largest absolute Gasteiger partial charge is 0.382 e. The maximum Gasteiger partial charge on any atom is 0.153 e. The Balaban J connectivity index is 2.27. The van der Waals surface area contributed by atoms with E-state index in [2.05, 4.69) is 15.2 Å². The van der Waals surface area contributed by atoms with Gasteiger partial charge in [-0.25, -0.2) is 4.98 Å². The van der Waals surface area contributed by atoms with Crippen molar-refractivity contribution in [3.63, 3.8) is 0 Å². The average Bonchev–Trinajstić information content (AvgIpc) is 2.97. The molecule has 3 aromatic rings. The van der Waals surface area contributed by atoms with Gasteiger partial charge in [0.25, 0.3) is 0 Å². The average molecular weight is 308 g/mol. The number of rotatable bonds is 2. The molecule has 0 unspecified atom stereocenters. The molecule has 7 heteroatoms. The Labute approximate surface area is 125 Å². The summed E-state index contributed by atoms with van der Waals surface area (Å²) in [4.78, 5) is 4.29. The van der Waals surface area contributed by atoms with Gasteiger partial charge in [0.05, 0.1) is 27.6 Å². The highest BCUT2D eigenvalue weighted by Crippen LogP contribution is 2.41. The number of benzene rings is 1. The highest BCUT2D eigenvalue weighted by atomic mass is 35.5. The summed E-state index contributed by atoms with van der Waals surface area (Å²) in [6.45, 7) is 0. The Bertz CT molecular complexity index is 755. The standard InChI is InChI=1S/C13H11Cl2N5/c1-20-5-9(17-6-20)12-11(13(16)19-18-12)10-7(14)3-2-4-8(10)15/h2-6H,1H3,(H3,16,18,19). The molecule has 3 rings (SSSR count). The van der Waals surface area contributed by atoms with Crippen molar-refractivity contribution in [3.05, 3.63) is 40.8 Å². The summed E-state index contributed by atoms with van der Waals surface area (Å²) >= 11 is 12.5. The Morgan fingerprint density at radius 2 is 1.90 bits per heavy atom. The molecule has 0 aliphatic heterocycles. The number of hydrogen-bond acceptors (Lipinski definition) is 3. The van der Waals surface area contributed by atoms with Crippen molar-refractivity contribution in [1.82, 2.24) is 19.7 Å². The molecule has 1 aromatic carbocycles. The van der Waals surface area contributed by atoms with Crippen molar-refractivity contribution in [2.24, 2.45) is 7.05 Å². The number of H-pyrrole nitrogens is 1. The van der Waals surface area contributed by atoms with Gasteiger partial charge in [0, 0.05) is 18.8 Å². The van der Waals surface area contributed by atoms with Crippen molar-refractivity contribution in [1.29, 1.82) is 0 Å². The van der Waals surface area contributed by atoms with Crippen LogP contribution < -0.4 is 5.73 Å². The van der Waals surface area contributed by atoms with Gasteiger partial charge in [-0.05, 0) is 12.1 Å². The number of nitrogen functional groups attached to an aromatic ring is 1. The maximum atomic E-state index is 6.25. The number of aryl methyl sites for hydroxylation is 1. The van der Waals surface area contributed by atoms with Crippen LogP contribution in [0.1, 0.15) is 0 Å². The molecule has 0 bridgehead atoms. The van der Waals surface area contributed by atoms with Crippen LogP contribution >= 0.6 is 23.2 Å². The number of halogens is 2. The van der Waals surface area contributed by atoms with Gasteiger partial charge in [0.1, 0.15) is 5.69 Å². The van der Waals surface area contributed by atoms with Crippen molar-refractivity contribution in [2.75, 3.05) is 5.73 Å². The number of nitrogens with one attached hydrogen (secondary N) is 1. The normalized spacial score (nSPS) is 10.9. The van der Waals surface area contributed by atoms with Gasteiger partial charge in [-0.1, -0.05) is 29.3 Å². The summed E-state index contributed by atoms with van der Waals surface area (Å²) in [7, 11) is 1.89. The molecule has 0 saturated carbocycles. The van der Waals surface area contributed by atoms with Crippen molar-refractivity contribution >= 4 is 29.0 Å². The molecule has 2 heterocycles. The van der Waals surface area contributed by atoms with E-state index in [1.54, 1.807) is 24.5 Å². The molecule has 0 radical (unpaired) electrons. The summed E-state index contributed by atoms with van der Waals surface area (Å²) in [6, 6.07) is 5.31. The number of aromatic amines is 1. The van der Waals surface area contributed by atoms with E-state index in [1.807, 2.05) is 17.8 Å². The first kappa shape index (κ1) is 13.0.